The third-order valence-corrected chi connectivity index (χ3v) is 7.33. The molecule has 0 radical (unpaired) electrons. The molecule has 9 nitrogen and oxygen atoms in total. The van der Waals surface area contributed by atoms with Crippen molar-refractivity contribution in [3.8, 4) is 0 Å². The average molecular weight is 527 g/mol. The van der Waals surface area contributed by atoms with E-state index in [4.69, 9.17) is 9.72 Å². The fourth-order valence-corrected chi connectivity index (χ4v) is 5.06. The molecule has 2 aliphatic heterocycles. The van der Waals surface area contributed by atoms with Gasteiger partial charge in [0.1, 0.15) is 11.5 Å². The lowest BCUT2D eigenvalue weighted by Gasteiger charge is -2.28. The van der Waals surface area contributed by atoms with Crippen LogP contribution in [-0.2, 0) is 4.74 Å². The molecule has 0 aliphatic carbocycles. The van der Waals surface area contributed by atoms with Crippen molar-refractivity contribution in [2.24, 2.45) is 0 Å². The van der Waals surface area contributed by atoms with E-state index in [1.807, 2.05) is 19.0 Å². The molecule has 38 heavy (non-hydrogen) atoms. The quantitative estimate of drug-likeness (QED) is 0.529. The van der Waals surface area contributed by atoms with E-state index in [-0.39, 0.29) is 23.2 Å². The first-order valence-corrected chi connectivity index (χ1v) is 12.8. The van der Waals surface area contributed by atoms with E-state index in [0.717, 1.165) is 12.5 Å². The Morgan fingerprint density at radius 3 is 2.66 bits per heavy atom. The van der Waals surface area contributed by atoms with Crippen molar-refractivity contribution in [1.82, 2.24) is 19.2 Å². The first kappa shape index (κ1) is 26.1. The summed E-state index contributed by atoms with van der Waals surface area (Å²) >= 11 is 0. The molecular formula is C27H32F2N6O3. The number of pyridine rings is 1. The molecule has 202 valence electrons. The van der Waals surface area contributed by atoms with Gasteiger partial charge in [-0.05, 0) is 45.6 Å². The fraction of sp³-hybridized carbons (Fsp3) is 0.444. The van der Waals surface area contributed by atoms with Gasteiger partial charge in [-0.3, -0.25) is 14.0 Å². The first-order chi connectivity index (χ1) is 18.2. The fourth-order valence-electron chi connectivity index (χ4n) is 5.06. The van der Waals surface area contributed by atoms with Crippen LogP contribution in [0.15, 0.2) is 41.3 Å². The summed E-state index contributed by atoms with van der Waals surface area (Å²) in [5.74, 6) is -1.65. The second-order valence-corrected chi connectivity index (χ2v) is 10.1. The van der Waals surface area contributed by atoms with Gasteiger partial charge in [-0.15, -0.1) is 0 Å². The van der Waals surface area contributed by atoms with Crippen LogP contribution in [0.25, 0.3) is 5.65 Å². The van der Waals surface area contributed by atoms with Crippen molar-refractivity contribution in [3.05, 3.63) is 69.6 Å². The Balaban J connectivity index is 1.58. The number of nitrogens with one attached hydrogen (secondary N) is 1. The zero-order valence-electron chi connectivity index (χ0n) is 21.8. The molecule has 1 N–H and O–H groups in total. The number of likely N-dealkylation sites (tertiary alicyclic amines) is 1. The third kappa shape index (κ3) is 5.08. The maximum absolute atomic E-state index is 14.5. The Morgan fingerprint density at radius 1 is 1.18 bits per heavy atom. The SMILES string of the molecule is CC(Nc1cccc(F)c1F)c1cc(C(=O)N2CC[C@@H](N(C)C)C2)cn2c(=O)cc(N3CCOCC3)nc12. The molecule has 3 aromatic rings. The number of likely N-dealkylation sites (N-methyl/N-ethyl adjacent to an activating group) is 1. The highest BCUT2D eigenvalue weighted by atomic mass is 19.2. The van der Waals surface area contributed by atoms with Gasteiger partial charge in [0, 0.05) is 50.0 Å². The van der Waals surface area contributed by atoms with Crippen LogP contribution in [0.1, 0.15) is 35.3 Å². The van der Waals surface area contributed by atoms with E-state index in [9.17, 15) is 18.4 Å². The van der Waals surface area contributed by atoms with Crippen molar-refractivity contribution >= 4 is 23.1 Å². The molecular weight excluding hydrogens is 494 g/mol. The highest BCUT2D eigenvalue weighted by Gasteiger charge is 2.29. The summed E-state index contributed by atoms with van der Waals surface area (Å²) in [7, 11) is 3.98. The van der Waals surface area contributed by atoms with Gasteiger partial charge in [-0.25, -0.2) is 13.8 Å². The minimum Gasteiger partial charge on any atom is -0.378 e. The number of halogens is 2. The lowest BCUT2D eigenvalue weighted by Crippen LogP contribution is -2.38. The first-order valence-electron chi connectivity index (χ1n) is 12.8. The Labute approximate surface area is 219 Å². The smallest absolute Gasteiger partial charge is 0.259 e. The maximum atomic E-state index is 14.5. The summed E-state index contributed by atoms with van der Waals surface area (Å²) in [5, 5.41) is 3.00. The van der Waals surface area contributed by atoms with E-state index in [1.165, 1.54) is 28.8 Å². The van der Waals surface area contributed by atoms with Crippen LogP contribution in [0.5, 0.6) is 0 Å². The molecule has 1 unspecified atom stereocenters. The summed E-state index contributed by atoms with van der Waals surface area (Å²) < 4.78 is 35.2. The standard InChI is InChI=1S/C27H32F2N6O3/c1-17(30-22-6-4-5-21(28)25(22)29)20-13-18(27(37)34-8-7-19(16-34)32(2)3)15-35-24(36)14-23(31-26(20)35)33-9-11-38-12-10-33/h4-6,13-15,17,19,30H,7-12,16H2,1-3H3/t17?,19-/m1/s1. The van der Waals surface area contributed by atoms with Gasteiger partial charge in [-0.1, -0.05) is 6.07 Å². The summed E-state index contributed by atoms with van der Waals surface area (Å²) in [6.45, 7) is 5.21. The van der Waals surface area contributed by atoms with Crippen LogP contribution in [0, 0.1) is 11.6 Å². The lowest BCUT2D eigenvalue weighted by molar-refractivity contribution is 0.0782. The van der Waals surface area contributed by atoms with E-state index >= 15 is 0 Å². The zero-order valence-corrected chi connectivity index (χ0v) is 21.8. The number of ether oxygens (including phenoxy) is 1. The molecule has 0 saturated carbocycles. The normalized spacial score (nSPS) is 18.8. The van der Waals surface area contributed by atoms with Gasteiger partial charge < -0.3 is 24.8 Å². The number of hydrogen-bond acceptors (Lipinski definition) is 7. The van der Waals surface area contributed by atoms with Gasteiger partial charge in [-0.2, -0.15) is 0 Å². The minimum absolute atomic E-state index is 0.0209. The number of carbonyl (C=O) groups excluding carboxylic acids is 1. The average Bonchev–Trinajstić information content (AvgIpc) is 3.42. The summed E-state index contributed by atoms with van der Waals surface area (Å²) in [6, 6.07) is 6.72. The van der Waals surface area contributed by atoms with Crippen LogP contribution in [-0.4, -0.2) is 84.6 Å². The number of morpholine rings is 1. The minimum atomic E-state index is -0.998. The Kier molecular flexibility index (Phi) is 7.31. The van der Waals surface area contributed by atoms with Crippen molar-refractivity contribution in [2.75, 3.05) is 63.7 Å². The largest absolute Gasteiger partial charge is 0.378 e. The number of anilines is 2. The van der Waals surface area contributed by atoms with Gasteiger partial charge in [0.05, 0.1) is 30.5 Å². The number of aromatic nitrogens is 2. The molecule has 2 fully saturated rings. The second-order valence-electron chi connectivity index (χ2n) is 10.1. The van der Waals surface area contributed by atoms with E-state index in [1.54, 1.807) is 17.9 Å². The number of hydrogen-bond donors (Lipinski definition) is 1. The lowest BCUT2D eigenvalue weighted by atomic mass is 10.1. The third-order valence-electron chi connectivity index (χ3n) is 7.33. The topological polar surface area (TPSA) is 82.4 Å². The Bertz CT molecular complexity index is 1410. The van der Waals surface area contributed by atoms with Crippen LogP contribution in [0.4, 0.5) is 20.3 Å². The summed E-state index contributed by atoms with van der Waals surface area (Å²) in [5.41, 5.74) is 0.856. The second kappa shape index (κ2) is 10.7. The maximum Gasteiger partial charge on any atom is 0.259 e. The van der Waals surface area contributed by atoms with Gasteiger partial charge in [0.25, 0.3) is 11.5 Å². The molecule has 2 aliphatic rings. The molecule has 2 saturated heterocycles. The van der Waals surface area contributed by atoms with Gasteiger partial charge in [0.2, 0.25) is 0 Å². The number of amides is 1. The van der Waals surface area contributed by atoms with Crippen molar-refractivity contribution < 1.29 is 18.3 Å². The Hall–Kier alpha value is -3.57. The van der Waals surface area contributed by atoms with E-state index < -0.39 is 17.7 Å². The predicted molar refractivity (Wildman–Crippen MR) is 141 cm³/mol. The number of benzene rings is 1. The molecule has 5 rings (SSSR count). The molecule has 0 spiro atoms. The number of fused-ring (bicyclic) bond motifs is 1. The highest BCUT2D eigenvalue weighted by Crippen LogP contribution is 2.28. The highest BCUT2D eigenvalue weighted by molar-refractivity contribution is 5.95. The number of nitrogens with zero attached hydrogens (tertiary/aromatic N) is 5. The van der Waals surface area contributed by atoms with Crippen LogP contribution in [0.3, 0.4) is 0 Å². The molecule has 1 aromatic carbocycles. The van der Waals surface area contributed by atoms with Crippen LogP contribution in [0.2, 0.25) is 0 Å². The van der Waals surface area contributed by atoms with Crippen LogP contribution < -0.4 is 15.8 Å². The Morgan fingerprint density at radius 2 is 1.95 bits per heavy atom. The zero-order chi connectivity index (χ0) is 27.0. The molecule has 0 bridgehead atoms. The van der Waals surface area contributed by atoms with Crippen molar-refractivity contribution in [2.45, 2.75) is 25.4 Å². The van der Waals surface area contributed by atoms with E-state index in [0.29, 0.717) is 62.0 Å². The number of carbonyl (C=O) groups is 1. The molecule has 4 heterocycles. The van der Waals surface area contributed by atoms with Crippen molar-refractivity contribution in [3.63, 3.8) is 0 Å². The summed E-state index contributed by atoms with van der Waals surface area (Å²) in [6.07, 6.45) is 2.39. The predicted octanol–water partition coefficient (Wildman–Crippen LogP) is 2.76. The van der Waals surface area contributed by atoms with E-state index in [2.05, 4.69) is 10.2 Å². The summed E-state index contributed by atoms with van der Waals surface area (Å²) in [4.78, 5) is 37.5. The molecule has 1 amide bonds. The van der Waals surface area contributed by atoms with Gasteiger partial charge >= 0.3 is 0 Å². The monoisotopic (exact) mass is 526 g/mol. The van der Waals surface area contributed by atoms with Crippen molar-refractivity contribution in [1.29, 1.82) is 0 Å². The molecule has 2 aromatic heterocycles. The number of rotatable bonds is 6. The van der Waals surface area contributed by atoms with Gasteiger partial charge in [0.15, 0.2) is 11.6 Å². The molecule has 2 atom stereocenters. The molecule has 11 heteroatoms. The van der Waals surface area contributed by atoms with Crippen LogP contribution >= 0.6 is 0 Å².